The average molecular weight is 295 g/mol. The molecule has 1 aromatic rings. The summed E-state index contributed by atoms with van der Waals surface area (Å²) in [5.74, 6) is -1.31. The summed E-state index contributed by atoms with van der Waals surface area (Å²) in [5.41, 5.74) is -0.832. The van der Waals surface area contributed by atoms with Gasteiger partial charge in [-0.05, 0) is 31.9 Å². The first kappa shape index (κ1) is 16.9. The number of carboxylic acids is 1. The lowest BCUT2D eigenvalue weighted by molar-refractivity contribution is -0.386. The van der Waals surface area contributed by atoms with Gasteiger partial charge in [-0.3, -0.25) is 10.1 Å². The smallest absolute Gasteiger partial charge is 0.342 e. The number of hydrogen-bond acceptors (Lipinski definition) is 4. The second-order valence-corrected chi connectivity index (χ2v) is 4.99. The van der Waals surface area contributed by atoms with Crippen molar-refractivity contribution in [2.45, 2.75) is 52.1 Å². The molecule has 1 aromatic carbocycles. The van der Waals surface area contributed by atoms with Gasteiger partial charge in [0.25, 0.3) is 0 Å². The first-order valence-corrected chi connectivity index (χ1v) is 7.14. The molecule has 0 aliphatic heterocycles. The van der Waals surface area contributed by atoms with Crippen LogP contribution in [0.5, 0.6) is 5.75 Å². The van der Waals surface area contributed by atoms with Crippen LogP contribution in [0.3, 0.4) is 0 Å². The van der Waals surface area contributed by atoms with Crippen LogP contribution in [0.25, 0.3) is 0 Å². The molecule has 6 heteroatoms. The van der Waals surface area contributed by atoms with Crippen LogP contribution in [0.2, 0.25) is 0 Å². The highest BCUT2D eigenvalue weighted by Gasteiger charge is 2.26. The lowest BCUT2D eigenvalue weighted by Gasteiger charge is -2.15. The van der Waals surface area contributed by atoms with Crippen molar-refractivity contribution >= 4 is 11.7 Å². The molecule has 0 radical (unpaired) electrons. The van der Waals surface area contributed by atoms with E-state index < -0.39 is 16.6 Å². The van der Waals surface area contributed by atoms with Gasteiger partial charge in [0.05, 0.1) is 11.0 Å². The van der Waals surface area contributed by atoms with Crippen molar-refractivity contribution in [2.24, 2.45) is 0 Å². The maximum Gasteiger partial charge on any atom is 0.342 e. The highest BCUT2D eigenvalue weighted by Crippen LogP contribution is 2.32. The minimum atomic E-state index is -1.33. The Bertz CT molecular complexity index is 501. The summed E-state index contributed by atoms with van der Waals surface area (Å²) in [6, 6.07) is 4.10. The van der Waals surface area contributed by atoms with Gasteiger partial charge in [-0.1, -0.05) is 32.3 Å². The van der Waals surface area contributed by atoms with E-state index in [1.54, 1.807) is 0 Å². The van der Waals surface area contributed by atoms with Gasteiger partial charge in [0.15, 0.2) is 5.75 Å². The molecule has 0 fully saturated rings. The van der Waals surface area contributed by atoms with E-state index in [0.29, 0.717) is 0 Å². The van der Waals surface area contributed by atoms with Crippen molar-refractivity contribution in [1.29, 1.82) is 0 Å². The van der Waals surface area contributed by atoms with Gasteiger partial charge in [-0.25, -0.2) is 4.79 Å². The third kappa shape index (κ3) is 5.06. The summed E-state index contributed by atoms with van der Waals surface area (Å²) in [6.45, 7) is 3.96. The van der Waals surface area contributed by atoms with E-state index in [0.717, 1.165) is 32.1 Å². The summed E-state index contributed by atoms with van der Waals surface area (Å²) in [5, 5.41) is 20.1. The number of hydrogen-bond donors (Lipinski definition) is 1. The Balaban J connectivity index is 2.80. The monoisotopic (exact) mass is 295 g/mol. The second-order valence-electron chi connectivity index (χ2n) is 4.99. The number of aromatic carboxylic acids is 1. The number of nitrogens with zero attached hydrogens (tertiary/aromatic N) is 1. The van der Waals surface area contributed by atoms with Crippen LogP contribution in [0.1, 0.15) is 56.3 Å². The van der Waals surface area contributed by atoms with E-state index >= 15 is 0 Å². The lowest BCUT2D eigenvalue weighted by Crippen LogP contribution is -2.14. The molecule has 0 aliphatic carbocycles. The van der Waals surface area contributed by atoms with E-state index in [-0.39, 0.29) is 17.4 Å². The topological polar surface area (TPSA) is 89.7 Å². The van der Waals surface area contributed by atoms with Crippen molar-refractivity contribution in [2.75, 3.05) is 0 Å². The molecule has 1 unspecified atom stereocenters. The zero-order valence-electron chi connectivity index (χ0n) is 12.4. The molecule has 0 bridgehead atoms. The number of unbranched alkanes of at least 4 members (excludes halogenated alkanes) is 3. The Morgan fingerprint density at radius 3 is 2.67 bits per heavy atom. The third-order valence-electron chi connectivity index (χ3n) is 3.20. The van der Waals surface area contributed by atoms with Gasteiger partial charge >= 0.3 is 11.7 Å². The number of nitro groups is 1. The van der Waals surface area contributed by atoms with Gasteiger partial charge in [0.1, 0.15) is 5.56 Å². The van der Waals surface area contributed by atoms with Crippen molar-refractivity contribution < 1.29 is 19.6 Å². The summed E-state index contributed by atoms with van der Waals surface area (Å²) in [4.78, 5) is 21.4. The van der Waals surface area contributed by atoms with Crippen LogP contribution in [0.15, 0.2) is 18.2 Å². The second kappa shape index (κ2) is 8.24. The van der Waals surface area contributed by atoms with Crippen molar-refractivity contribution in [3.63, 3.8) is 0 Å². The molecule has 0 saturated carbocycles. The molecule has 116 valence electrons. The Morgan fingerprint density at radius 1 is 1.38 bits per heavy atom. The number of para-hydroxylation sites is 1. The van der Waals surface area contributed by atoms with Gasteiger partial charge in [-0.2, -0.15) is 0 Å². The van der Waals surface area contributed by atoms with E-state index in [1.165, 1.54) is 18.2 Å². The number of nitro benzene ring substituents is 1. The lowest BCUT2D eigenvalue weighted by atomic mass is 10.1. The number of carbonyl (C=O) groups is 1. The molecule has 0 aromatic heterocycles. The van der Waals surface area contributed by atoms with Crippen LogP contribution in [0, 0.1) is 10.1 Å². The molecule has 6 nitrogen and oxygen atoms in total. The van der Waals surface area contributed by atoms with Crippen molar-refractivity contribution in [3.8, 4) is 5.75 Å². The number of rotatable bonds is 9. The maximum absolute atomic E-state index is 11.1. The molecule has 0 aliphatic rings. The normalized spacial score (nSPS) is 11.9. The molecule has 0 saturated heterocycles. The van der Waals surface area contributed by atoms with E-state index in [1.807, 2.05) is 6.92 Å². The average Bonchev–Trinajstić information content (AvgIpc) is 2.43. The molecule has 0 heterocycles. The molecule has 1 rings (SSSR count). The summed E-state index contributed by atoms with van der Waals surface area (Å²) in [7, 11) is 0. The SMILES string of the molecule is CCCCCCC(C)Oc1cccc(C(=O)O)c1[N+](=O)[O-]. The highest BCUT2D eigenvalue weighted by atomic mass is 16.6. The molecule has 21 heavy (non-hydrogen) atoms. The summed E-state index contributed by atoms with van der Waals surface area (Å²) < 4.78 is 5.57. The van der Waals surface area contributed by atoms with Crippen LogP contribution in [-0.4, -0.2) is 22.1 Å². The fraction of sp³-hybridized carbons (Fsp3) is 0.533. The number of ether oxygens (including phenoxy) is 1. The fourth-order valence-electron chi connectivity index (χ4n) is 2.11. The van der Waals surface area contributed by atoms with E-state index in [4.69, 9.17) is 9.84 Å². The largest absolute Gasteiger partial charge is 0.484 e. The molecular weight excluding hydrogens is 274 g/mol. The van der Waals surface area contributed by atoms with Crippen LogP contribution >= 0.6 is 0 Å². The van der Waals surface area contributed by atoms with Gasteiger partial charge in [-0.15, -0.1) is 0 Å². The van der Waals surface area contributed by atoms with E-state index in [2.05, 4.69) is 6.92 Å². The van der Waals surface area contributed by atoms with E-state index in [9.17, 15) is 14.9 Å². The molecule has 0 amide bonds. The molecule has 1 N–H and O–H groups in total. The fourth-order valence-corrected chi connectivity index (χ4v) is 2.11. The van der Waals surface area contributed by atoms with Crippen LogP contribution in [-0.2, 0) is 0 Å². The van der Waals surface area contributed by atoms with Crippen molar-refractivity contribution in [1.82, 2.24) is 0 Å². The summed E-state index contributed by atoms with van der Waals surface area (Å²) in [6.07, 6.45) is 4.98. The number of carboxylic acid groups (broad SMARTS) is 1. The predicted molar refractivity (Wildman–Crippen MR) is 78.9 cm³/mol. The molecule has 0 spiro atoms. The van der Waals surface area contributed by atoms with Crippen LogP contribution in [0.4, 0.5) is 5.69 Å². The maximum atomic E-state index is 11.1. The van der Waals surface area contributed by atoms with Crippen molar-refractivity contribution in [3.05, 3.63) is 33.9 Å². The molecular formula is C15H21NO5. The molecule has 1 atom stereocenters. The standard InChI is InChI=1S/C15H21NO5/c1-3-4-5-6-8-11(2)21-13-10-7-9-12(15(17)18)14(13)16(19)20/h7,9-11H,3-6,8H2,1-2H3,(H,17,18). The first-order chi connectivity index (χ1) is 9.97. The zero-order valence-corrected chi connectivity index (χ0v) is 12.4. The Morgan fingerprint density at radius 2 is 2.10 bits per heavy atom. The van der Waals surface area contributed by atoms with Crippen LogP contribution < -0.4 is 4.74 Å². The first-order valence-electron chi connectivity index (χ1n) is 7.14. The van der Waals surface area contributed by atoms with Gasteiger partial charge in [0.2, 0.25) is 0 Å². The summed E-state index contributed by atoms with van der Waals surface area (Å²) >= 11 is 0. The minimum absolute atomic E-state index is 0.0166. The Hall–Kier alpha value is -2.11. The Labute approximate surface area is 123 Å². The third-order valence-corrected chi connectivity index (χ3v) is 3.20. The number of benzene rings is 1. The zero-order chi connectivity index (χ0) is 15.8. The predicted octanol–water partition coefficient (Wildman–Crippen LogP) is 4.03. The highest BCUT2D eigenvalue weighted by molar-refractivity contribution is 5.93. The minimum Gasteiger partial charge on any atom is -0.484 e. The van der Waals surface area contributed by atoms with Gasteiger partial charge in [0, 0.05) is 0 Å². The Kier molecular flexibility index (Phi) is 6.65. The van der Waals surface area contributed by atoms with Gasteiger partial charge < -0.3 is 9.84 Å². The quantitative estimate of drug-likeness (QED) is 0.422.